The lowest BCUT2D eigenvalue weighted by atomic mass is 10.0. The fourth-order valence-corrected chi connectivity index (χ4v) is 1.60. The van der Waals surface area contributed by atoms with E-state index in [1.54, 1.807) is 31.2 Å². The number of aryl methyl sites for hydroxylation is 1. The van der Waals surface area contributed by atoms with Crippen molar-refractivity contribution in [3.8, 4) is 11.1 Å². The minimum atomic E-state index is -4.36. The molecule has 0 aliphatic carbocycles. The Morgan fingerprint density at radius 1 is 1.06 bits per heavy atom. The van der Waals surface area contributed by atoms with E-state index in [4.69, 9.17) is 0 Å². The van der Waals surface area contributed by atoms with Gasteiger partial charge in [0.2, 0.25) is 0 Å². The van der Waals surface area contributed by atoms with E-state index in [9.17, 15) is 13.2 Å². The van der Waals surface area contributed by atoms with Crippen molar-refractivity contribution >= 4 is 0 Å². The van der Waals surface area contributed by atoms with Gasteiger partial charge in [-0.2, -0.15) is 13.2 Å². The lowest BCUT2D eigenvalue weighted by Crippen LogP contribution is -2.06. The first-order valence-electron chi connectivity index (χ1n) is 5.08. The summed E-state index contributed by atoms with van der Waals surface area (Å²) in [6.45, 7) is 1.70. The summed E-state index contributed by atoms with van der Waals surface area (Å²) in [6, 6.07) is 10.1. The summed E-state index contributed by atoms with van der Waals surface area (Å²) in [5.41, 5.74) is 1.12. The van der Waals surface area contributed by atoms with Crippen molar-refractivity contribution in [2.75, 3.05) is 0 Å². The zero-order valence-corrected chi connectivity index (χ0v) is 9.12. The molecule has 17 heavy (non-hydrogen) atoms. The van der Waals surface area contributed by atoms with E-state index in [1.165, 1.54) is 0 Å². The molecule has 0 unspecified atom stereocenters. The van der Waals surface area contributed by atoms with Crippen LogP contribution >= 0.6 is 0 Å². The highest BCUT2D eigenvalue weighted by molar-refractivity contribution is 5.66. The zero-order valence-electron chi connectivity index (χ0n) is 9.12. The Hall–Kier alpha value is -1.84. The average Bonchev–Trinajstić information content (AvgIpc) is 2.29. The maximum atomic E-state index is 12.6. The molecule has 0 fully saturated rings. The molecule has 4 heteroatoms. The third-order valence-corrected chi connectivity index (χ3v) is 2.50. The van der Waals surface area contributed by atoms with E-state index in [0.29, 0.717) is 11.3 Å². The summed E-state index contributed by atoms with van der Waals surface area (Å²) in [5.74, 6) is 0. The molecule has 2 rings (SSSR count). The quantitative estimate of drug-likeness (QED) is 0.728. The van der Waals surface area contributed by atoms with Crippen LogP contribution in [0.5, 0.6) is 0 Å². The number of alkyl halides is 3. The van der Waals surface area contributed by atoms with Crippen LogP contribution in [0.3, 0.4) is 0 Å². The van der Waals surface area contributed by atoms with Crippen LogP contribution in [0, 0.1) is 6.92 Å². The van der Waals surface area contributed by atoms with Gasteiger partial charge in [-0.15, -0.1) is 0 Å². The molecular formula is C13H10F3N. The normalized spacial score (nSPS) is 11.5. The summed E-state index contributed by atoms with van der Waals surface area (Å²) < 4.78 is 37.7. The van der Waals surface area contributed by atoms with Gasteiger partial charge in [0.15, 0.2) is 0 Å². The number of rotatable bonds is 1. The van der Waals surface area contributed by atoms with Gasteiger partial charge in [0.25, 0.3) is 0 Å². The molecule has 0 radical (unpaired) electrons. The third-order valence-electron chi connectivity index (χ3n) is 2.50. The second kappa shape index (κ2) is 4.20. The van der Waals surface area contributed by atoms with Gasteiger partial charge < -0.3 is 0 Å². The maximum absolute atomic E-state index is 12.6. The molecule has 0 saturated heterocycles. The first-order chi connectivity index (χ1) is 7.98. The van der Waals surface area contributed by atoms with E-state index in [0.717, 1.165) is 17.8 Å². The Bertz CT molecular complexity index is 518. The fourth-order valence-electron chi connectivity index (χ4n) is 1.60. The molecule has 0 aliphatic heterocycles. The summed E-state index contributed by atoms with van der Waals surface area (Å²) in [4.78, 5) is 3.80. The van der Waals surface area contributed by atoms with Gasteiger partial charge in [-0.1, -0.05) is 30.3 Å². The molecule has 0 saturated carbocycles. The molecule has 0 aliphatic rings. The highest BCUT2D eigenvalue weighted by Crippen LogP contribution is 2.32. The van der Waals surface area contributed by atoms with Gasteiger partial charge in [0.05, 0.1) is 5.56 Å². The average molecular weight is 237 g/mol. The predicted octanol–water partition coefficient (Wildman–Crippen LogP) is 4.08. The first-order valence-corrected chi connectivity index (χ1v) is 5.08. The Morgan fingerprint density at radius 3 is 2.29 bits per heavy atom. The van der Waals surface area contributed by atoms with Crippen LogP contribution in [-0.2, 0) is 6.18 Å². The number of aromatic nitrogens is 1. The maximum Gasteiger partial charge on any atom is 0.417 e. The summed E-state index contributed by atoms with van der Waals surface area (Å²) in [6.07, 6.45) is -3.49. The van der Waals surface area contributed by atoms with Crippen LogP contribution in [0.4, 0.5) is 13.2 Å². The van der Waals surface area contributed by atoms with Crippen LogP contribution < -0.4 is 0 Å². The zero-order chi connectivity index (χ0) is 12.5. The van der Waals surface area contributed by atoms with Gasteiger partial charge in [-0.3, -0.25) is 4.98 Å². The largest absolute Gasteiger partial charge is 0.417 e. The minimum Gasteiger partial charge on any atom is -0.260 e. The van der Waals surface area contributed by atoms with Crippen molar-refractivity contribution in [1.29, 1.82) is 0 Å². The second-order valence-electron chi connectivity index (χ2n) is 3.72. The Balaban J connectivity index is 2.55. The summed E-state index contributed by atoms with van der Waals surface area (Å²) >= 11 is 0. The Labute approximate surface area is 96.9 Å². The Kier molecular flexibility index (Phi) is 2.88. The van der Waals surface area contributed by atoms with Crippen molar-refractivity contribution in [3.63, 3.8) is 0 Å². The Morgan fingerprint density at radius 2 is 1.71 bits per heavy atom. The van der Waals surface area contributed by atoms with Crippen LogP contribution in [-0.4, -0.2) is 4.98 Å². The monoisotopic (exact) mass is 237 g/mol. The topological polar surface area (TPSA) is 12.9 Å². The molecule has 1 heterocycles. The summed E-state index contributed by atoms with van der Waals surface area (Å²) in [5, 5.41) is 0. The molecule has 88 valence electrons. The van der Waals surface area contributed by atoms with E-state index in [2.05, 4.69) is 4.98 Å². The second-order valence-corrected chi connectivity index (χ2v) is 3.72. The van der Waals surface area contributed by atoms with Crippen molar-refractivity contribution in [2.45, 2.75) is 13.1 Å². The lowest BCUT2D eigenvalue weighted by Gasteiger charge is -2.10. The van der Waals surface area contributed by atoms with Crippen molar-refractivity contribution in [1.82, 2.24) is 4.98 Å². The van der Waals surface area contributed by atoms with E-state index in [-0.39, 0.29) is 0 Å². The fraction of sp³-hybridized carbons (Fsp3) is 0.154. The molecule has 0 bridgehead atoms. The first kappa shape index (κ1) is 11.6. The number of nitrogens with zero attached hydrogens (tertiary/aromatic N) is 1. The van der Waals surface area contributed by atoms with E-state index in [1.807, 2.05) is 6.07 Å². The van der Waals surface area contributed by atoms with Crippen molar-refractivity contribution in [3.05, 3.63) is 53.9 Å². The molecule has 1 aromatic heterocycles. The number of hydrogen-bond acceptors (Lipinski definition) is 1. The lowest BCUT2D eigenvalue weighted by molar-refractivity contribution is -0.137. The van der Waals surface area contributed by atoms with Gasteiger partial charge in [0.1, 0.15) is 0 Å². The SMILES string of the molecule is Cc1ncc(C(F)(F)F)cc1-c1ccccc1. The van der Waals surface area contributed by atoms with E-state index < -0.39 is 11.7 Å². The predicted molar refractivity (Wildman–Crippen MR) is 59.4 cm³/mol. The van der Waals surface area contributed by atoms with Crippen LogP contribution in [0.15, 0.2) is 42.6 Å². The number of pyridine rings is 1. The standard InChI is InChI=1S/C13H10F3N/c1-9-12(10-5-3-2-4-6-10)7-11(8-17-9)13(14,15)16/h2-8H,1H3. The molecule has 0 spiro atoms. The number of benzene rings is 1. The molecule has 1 nitrogen and oxygen atoms in total. The van der Waals surface area contributed by atoms with Gasteiger partial charge in [-0.05, 0) is 18.6 Å². The number of halogens is 3. The van der Waals surface area contributed by atoms with Crippen LogP contribution in [0.2, 0.25) is 0 Å². The van der Waals surface area contributed by atoms with Gasteiger partial charge in [0, 0.05) is 17.5 Å². The van der Waals surface area contributed by atoms with Crippen molar-refractivity contribution in [2.24, 2.45) is 0 Å². The number of hydrogen-bond donors (Lipinski definition) is 0. The molecule has 0 N–H and O–H groups in total. The van der Waals surface area contributed by atoms with E-state index >= 15 is 0 Å². The third kappa shape index (κ3) is 2.46. The minimum absolute atomic E-state index is 0.514. The van der Waals surface area contributed by atoms with Crippen LogP contribution in [0.25, 0.3) is 11.1 Å². The highest BCUT2D eigenvalue weighted by atomic mass is 19.4. The van der Waals surface area contributed by atoms with Gasteiger partial charge in [-0.25, -0.2) is 0 Å². The smallest absolute Gasteiger partial charge is 0.260 e. The summed E-state index contributed by atoms with van der Waals surface area (Å²) in [7, 11) is 0. The van der Waals surface area contributed by atoms with Crippen molar-refractivity contribution < 1.29 is 13.2 Å². The molecule has 0 amide bonds. The van der Waals surface area contributed by atoms with Gasteiger partial charge >= 0.3 is 6.18 Å². The molecule has 1 aromatic carbocycles. The molecule has 0 atom stereocenters. The molecule has 2 aromatic rings. The molecular weight excluding hydrogens is 227 g/mol. The highest BCUT2D eigenvalue weighted by Gasteiger charge is 2.31. The van der Waals surface area contributed by atoms with Crippen LogP contribution in [0.1, 0.15) is 11.3 Å².